The number of alkyl halides is 2. The summed E-state index contributed by atoms with van der Waals surface area (Å²) in [7, 11) is 0. The molecule has 0 spiro atoms. The molecule has 0 aliphatic carbocycles. The summed E-state index contributed by atoms with van der Waals surface area (Å²) in [6.07, 6.45) is 0.645. The molecule has 0 atom stereocenters. The smallest absolute Gasteiger partial charge is 0.387 e. The van der Waals surface area contributed by atoms with Crippen LogP contribution in [0.15, 0.2) is 28.7 Å². The number of esters is 1. The average Bonchev–Trinajstić information content (AvgIpc) is 2.37. The summed E-state index contributed by atoms with van der Waals surface area (Å²) in [6.45, 7) is -1.49. The SMILES string of the molecule is CCOC(=O)C(=O)C=C(O)c1cc(Br)cc(OC(F)F)c1. The van der Waals surface area contributed by atoms with Gasteiger partial charge in [-0.05, 0) is 25.1 Å². The summed E-state index contributed by atoms with van der Waals surface area (Å²) >= 11 is 3.05. The van der Waals surface area contributed by atoms with E-state index in [1.807, 2.05) is 0 Å². The maximum absolute atomic E-state index is 12.2. The topological polar surface area (TPSA) is 72.8 Å². The normalized spacial score (nSPS) is 11.4. The van der Waals surface area contributed by atoms with Crippen LogP contribution in [0.2, 0.25) is 0 Å². The zero-order chi connectivity index (χ0) is 16.0. The van der Waals surface area contributed by atoms with Gasteiger partial charge in [0.2, 0.25) is 0 Å². The third kappa shape index (κ3) is 5.50. The van der Waals surface area contributed by atoms with Crippen molar-refractivity contribution in [2.24, 2.45) is 0 Å². The van der Waals surface area contributed by atoms with E-state index in [2.05, 4.69) is 25.4 Å². The zero-order valence-corrected chi connectivity index (χ0v) is 12.4. The lowest BCUT2D eigenvalue weighted by Gasteiger charge is -2.07. The van der Waals surface area contributed by atoms with E-state index in [0.717, 1.165) is 6.07 Å². The number of carbonyl (C=O) groups excluding carboxylic acids is 2. The van der Waals surface area contributed by atoms with Crippen LogP contribution in [-0.4, -0.2) is 30.1 Å². The van der Waals surface area contributed by atoms with E-state index < -0.39 is 24.1 Å². The second kappa shape index (κ2) is 7.72. The van der Waals surface area contributed by atoms with Gasteiger partial charge in [0, 0.05) is 16.1 Å². The summed E-state index contributed by atoms with van der Waals surface area (Å²) in [5.41, 5.74) is 0.0256. The first kappa shape index (κ1) is 17.1. The Morgan fingerprint density at radius 3 is 2.62 bits per heavy atom. The van der Waals surface area contributed by atoms with E-state index >= 15 is 0 Å². The van der Waals surface area contributed by atoms with Crippen molar-refractivity contribution in [3.05, 3.63) is 34.3 Å². The van der Waals surface area contributed by atoms with Crippen LogP contribution in [0.1, 0.15) is 12.5 Å². The number of hydrogen-bond donors (Lipinski definition) is 1. The molecule has 1 aromatic rings. The van der Waals surface area contributed by atoms with Gasteiger partial charge in [0.1, 0.15) is 11.5 Å². The number of hydrogen-bond acceptors (Lipinski definition) is 5. The fraction of sp³-hybridized carbons (Fsp3) is 0.231. The molecule has 0 aromatic heterocycles. The molecular formula is C13H11BrF2O5. The highest BCUT2D eigenvalue weighted by Gasteiger charge is 2.15. The minimum absolute atomic E-state index is 0.0163. The Hall–Kier alpha value is -1.96. The van der Waals surface area contributed by atoms with Crippen LogP contribution < -0.4 is 4.74 Å². The van der Waals surface area contributed by atoms with Crippen LogP contribution in [0, 0.1) is 0 Å². The van der Waals surface area contributed by atoms with Crippen molar-refractivity contribution >= 4 is 33.4 Å². The van der Waals surface area contributed by atoms with E-state index in [0.29, 0.717) is 10.5 Å². The van der Waals surface area contributed by atoms with Gasteiger partial charge in [-0.25, -0.2) is 4.79 Å². The largest absolute Gasteiger partial charge is 0.507 e. The van der Waals surface area contributed by atoms with Crippen LogP contribution in [-0.2, 0) is 14.3 Å². The van der Waals surface area contributed by atoms with Gasteiger partial charge >= 0.3 is 12.6 Å². The lowest BCUT2D eigenvalue weighted by atomic mass is 10.1. The molecule has 1 rings (SSSR count). The fourth-order valence-corrected chi connectivity index (χ4v) is 1.82. The molecule has 114 valence electrons. The summed E-state index contributed by atoms with van der Waals surface area (Å²) in [5, 5.41) is 9.76. The standard InChI is InChI=1S/C13H11BrF2O5/c1-2-20-12(19)11(18)6-10(17)7-3-8(14)5-9(4-7)21-13(15)16/h3-6,13,17H,2H2,1H3. The lowest BCUT2D eigenvalue weighted by Crippen LogP contribution is -2.15. The number of ether oxygens (including phenoxy) is 2. The van der Waals surface area contributed by atoms with Gasteiger partial charge in [-0.3, -0.25) is 4.79 Å². The van der Waals surface area contributed by atoms with Crippen LogP contribution in [0.3, 0.4) is 0 Å². The fourth-order valence-electron chi connectivity index (χ4n) is 1.35. The number of aliphatic hydroxyl groups is 1. The zero-order valence-electron chi connectivity index (χ0n) is 10.8. The maximum atomic E-state index is 12.2. The highest BCUT2D eigenvalue weighted by atomic mass is 79.9. The van der Waals surface area contributed by atoms with Gasteiger partial charge in [-0.15, -0.1) is 0 Å². The van der Waals surface area contributed by atoms with Gasteiger partial charge in [-0.1, -0.05) is 15.9 Å². The van der Waals surface area contributed by atoms with Gasteiger partial charge in [0.05, 0.1) is 6.61 Å². The Kier molecular flexibility index (Phi) is 6.29. The summed E-state index contributed by atoms with van der Waals surface area (Å²) in [5.74, 6) is -2.97. The first-order valence-electron chi connectivity index (χ1n) is 5.71. The summed E-state index contributed by atoms with van der Waals surface area (Å²) < 4.78 is 33.3. The third-order valence-corrected chi connectivity index (χ3v) is 2.59. The van der Waals surface area contributed by atoms with Crippen molar-refractivity contribution in [1.82, 2.24) is 0 Å². The molecular weight excluding hydrogens is 354 g/mol. The maximum Gasteiger partial charge on any atom is 0.387 e. The number of aliphatic hydroxyl groups excluding tert-OH is 1. The van der Waals surface area contributed by atoms with Crippen LogP contribution >= 0.6 is 15.9 Å². The van der Waals surface area contributed by atoms with Crippen molar-refractivity contribution in [2.75, 3.05) is 6.61 Å². The molecule has 1 N–H and O–H groups in total. The molecule has 0 aliphatic rings. The second-order valence-corrected chi connectivity index (χ2v) is 4.58. The molecule has 0 bridgehead atoms. The monoisotopic (exact) mass is 364 g/mol. The van der Waals surface area contributed by atoms with E-state index in [9.17, 15) is 23.5 Å². The van der Waals surface area contributed by atoms with Crippen LogP contribution in [0.5, 0.6) is 5.75 Å². The minimum Gasteiger partial charge on any atom is -0.507 e. The van der Waals surface area contributed by atoms with E-state index in [1.54, 1.807) is 0 Å². The van der Waals surface area contributed by atoms with Gasteiger partial charge in [0.25, 0.3) is 5.78 Å². The van der Waals surface area contributed by atoms with Crippen molar-refractivity contribution in [3.8, 4) is 5.75 Å². The number of ketones is 1. The Balaban J connectivity index is 3.01. The first-order valence-corrected chi connectivity index (χ1v) is 6.50. The highest BCUT2D eigenvalue weighted by Crippen LogP contribution is 2.26. The predicted octanol–water partition coefficient (Wildman–Crippen LogP) is 3.08. The van der Waals surface area contributed by atoms with Crippen molar-refractivity contribution in [3.63, 3.8) is 0 Å². The molecule has 8 heteroatoms. The van der Waals surface area contributed by atoms with Crippen molar-refractivity contribution < 1.29 is 33.0 Å². The first-order chi connectivity index (χ1) is 9.83. The molecule has 0 amide bonds. The number of halogens is 3. The lowest BCUT2D eigenvalue weighted by molar-refractivity contribution is -0.151. The summed E-state index contributed by atoms with van der Waals surface area (Å²) in [4.78, 5) is 22.5. The Morgan fingerprint density at radius 1 is 1.38 bits per heavy atom. The Labute approximate surface area is 127 Å². The minimum atomic E-state index is -3.03. The number of carbonyl (C=O) groups is 2. The highest BCUT2D eigenvalue weighted by molar-refractivity contribution is 9.10. The molecule has 21 heavy (non-hydrogen) atoms. The van der Waals surface area contributed by atoms with Gasteiger partial charge in [0.15, 0.2) is 0 Å². The Morgan fingerprint density at radius 2 is 2.05 bits per heavy atom. The third-order valence-electron chi connectivity index (χ3n) is 2.14. The molecule has 0 saturated carbocycles. The van der Waals surface area contributed by atoms with Gasteiger partial charge in [-0.2, -0.15) is 8.78 Å². The molecule has 5 nitrogen and oxygen atoms in total. The van der Waals surface area contributed by atoms with E-state index in [4.69, 9.17) is 0 Å². The van der Waals surface area contributed by atoms with Crippen LogP contribution in [0.25, 0.3) is 5.76 Å². The average molecular weight is 365 g/mol. The number of rotatable bonds is 6. The number of benzene rings is 1. The molecule has 0 aliphatic heterocycles. The molecule has 0 unspecified atom stereocenters. The van der Waals surface area contributed by atoms with Crippen molar-refractivity contribution in [2.45, 2.75) is 13.5 Å². The van der Waals surface area contributed by atoms with Crippen molar-refractivity contribution in [1.29, 1.82) is 0 Å². The Bertz CT molecular complexity index is 572. The van der Waals surface area contributed by atoms with Crippen LogP contribution in [0.4, 0.5) is 8.78 Å². The van der Waals surface area contributed by atoms with E-state index in [-0.39, 0.29) is 17.9 Å². The van der Waals surface area contributed by atoms with Gasteiger partial charge < -0.3 is 14.6 Å². The predicted molar refractivity (Wildman–Crippen MR) is 73.0 cm³/mol. The summed E-state index contributed by atoms with van der Waals surface area (Å²) in [6, 6.07) is 3.72. The molecule has 1 aromatic carbocycles. The quantitative estimate of drug-likeness (QED) is 0.363. The van der Waals surface area contributed by atoms with E-state index in [1.165, 1.54) is 19.1 Å². The molecule has 0 radical (unpaired) electrons. The molecule has 0 saturated heterocycles. The molecule has 0 heterocycles. The second-order valence-electron chi connectivity index (χ2n) is 3.67. The molecule has 0 fully saturated rings.